The van der Waals surface area contributed by atoms with Crippen molar-refractivity contribution >= 4 is 5.96 Å². The summed E-state index contributed by atoms with van der Waals surface area (Å²) in [5.74, 6) is -0.0673. The second-order valence-corrected chi connectivity index (χ2v) is 4.27. The number of guanidine groups is 1. The van der Waals surface area contributed by atoms with E-state index < -0.39 is 18.3 Å². The van der Waals surface area contributed by atoms with Gasteiger partial charge < -0.3 is 10.6 Å². The van der Waals surface area contributed by atoms with Crippen molar-refractivity contribution in [2.24, 2.45) is 10.7 Å². The molecular weight excluding hydrogens is 207 g/mol. The predicted octanol–water partition coefficient (Wildman–Crippen LogP) is 1.98. The van der Waals surface area contributed by atoms with Crippen LogP contribution in [0.1, 0.15) is 27.7 Å². The van der Waals surface area contributed by atoms with Crippen LogP contribution in [0.4, 0.5) is 13.2 Å². The molecule has 0 unspecified atom stereocenters. The van der Waals surface area contributed by atoms with Crippen molar-refractivity contribution < 1.29 is 13.2 Å². The molecule has 0 rings (SSSR count). The minimum absolute atomic E-state index is 0.0673. The molecule has 0 fully saturated rings. The maximum absolute atomic E-state index is 12.1. The summed E-state index contributed by atoms with van der Waals surface area (Å²) in [4.78, 5) is 4.99. The fourth-order valence-electron chi connectivity index (χ4n) is 0.986. The molecule has 3 nitrogen and oxygen atoms in total. The molecule has 0 aromatic heterocycles. The largest absolute Gasteiger partial charge is 0.406 e. The summed E-state index contributed by atoms with van der Waals surface area (Å²) in [6.45, 7) is 6.07. The Morgan fingerprint density at radius 1 is 1.27 bits per heavy atom. The van der Waals surface area contributed by atoms with Gasteiger partial charge >= 0.3 is 6.18 Å². The lowest BCUT2D eigenvalue weighted by atomic mass is 10.1. The van der Waals surface area contributed by atoms with Gasteiger partial charge in [0.1, 0.15) is 6.54 Å². The third kappa shape index (κ3) is 7.04. The van der Waals surface area contributed by atoms with Crippen LogP contribution in [0, 0.1) is 0 Å². The summed E-state index contributed by atoms with van der Waals surface area (Å²) in [5, 5.41) is 0. The fraction of sp³-hybridized carbons (Fsp3) is 0.889. The Kier molecular flexibility index (Phi) is 4.42. The van der Waals surface area contributed by atoms with Crippen LogP contribution in [0.25, 0.3) is 0 Å². The van der Waals surface area contributed by atoms with Gasteiger partial charge in [-0.3, -0.25) is 0 Å². The molecule has 0 amide bonds. The Morgan fingerprint density at radius 3 is 2.00 bits per heavy atom. The highest BCUT2D eigenvalue weighted by atomic mass is 19.4. The van der Waals surface area contributed by atoms with E-state index in [1.807, 2.05) is 0 Å². The Labute approximate surface area is 88.2 Å². The standard InChI is InChI=1S/C9H18F3N3/c1-5-15(6-9(10,11)12)7(13)14-8(2,3)4/h5-6H2,1-4H3,(H2,13,14). The van der Waals surface area contributed by atoms with E-state index in [1.165, 1.54) is 0 Å². The zero-order valence-electron chi connectivity index (χ0n) is 9.52. The monoisotopic (exact) mass is 225 g/mol. The SMILES string of the molecule is CCN(CC(F)(F)F)C(N)=NC(C)(C)C. The average molecular weight is 225 g/mol. The van der Waals surface area contributed by atoms with Gasteiger partial charge in [-0.05, 0) is 27.7 Å². The molecule has 0 spiro atoms. The van der Waals surface area contributed by atoms with Crippen LogP contribution in [0.3, 0.4) is 0 Å². The second kappa shape index (κ2) is 4.72. The fourth-order valence-corrected chi connectivity index (χ4v) is 0.986. The maximum Gasteiger partial charge on any atom is 0.406 e. The van der Waals surface area contributed by atoms with E-state index in [9.17, 15) is 13.2 Å². The molecule has 6 heteroatoms. The van der Waals surface area contributed by atoms with E-state index in [1.54, 1.807) is 27.7 Å². The lowest BCUT2D eigenvalue weighted by Gasteiger charge is -2.25. The Morgan fingerprint density at radius 2 is 1.73 bits per heavy atom. The first-order valence-corrected chi connectivity index (χ1v) is 4.72. The molecular formula is C9H18F3N3. The zero-order chi connectivity index (χ0) is 12.3. The number of halogens is 3. The first-order valence-electron chi connectivity index (χ1n) is 4.72. The van der Waals surface area contributed by atoms with Gasteiger partial charge in [0.2, 0.25) is 0 Å². The summed E-state index contributed by atoms with van der Waals surface area (Å²) in [5.41, 5.74) is 5.03. The molecule has 0 saturated heterocycles. The normalized spacial score (nSPS) is 14.2. The molecule has 0 heterocycles. The molecule has 0 aromatic carbocycles. The summed E-state index contributed by atoms with van der Waals surface area (Å²) in [6.07, 6.45) is -4.26. The van der Waals surface area contributed by atoms with E-state index in [0.29, 0.717) is 0 Å². The van der Waals surface area contributed by atoms with Crippen LogP contribution in [-0.4, -0.2) is 35.7 Å². The third-order valence-corrected chi connectivity index (χ3v) is 1.53. The highest BCUT2D eigenvalue weighted by Crippen LogP contribution is 2.16. The number of aliphatic imine (C=N–C) groups is 1. The smallest absolute Gasteiger partial charge is 0.370 e. The van der Waals surface area contributed by atoms with Gasteiger partial charge in [-0.25, -0.2) is 4.99 Å². The first kappa shape index (κ1) is 14.1. The van der Waals surface area contributed by atoms with Crippen molar-refractivity contribution in [2.75, 3.05) is 13.1 Å². The maximum atomic E-state index is 12.1. The topological polar surface area (TPSA) is 41.6 Å². The van der Waals surface area contributed by atoms with Crippen LogP contribution in [-0.2, 0) is 0 Å². The highest BCUT2D eigenvalue weighted by Gasteiger charge is 2.31. The summed E-state index contributed by atoms with van der Waals surface area (Å²) < 4.78 is 36.4. The highest BCUT2D eigenvalue weighted by molar-refractivity contribution is 5.78. The minimum Gasteiger partial charge on any atom is -0.370 e. The molecule has 0 aliphatic carbocycles. The minimum atomic E-state index is -4.26. The van der Waals surface area contributed by atoms with E-state index >= 15 is 0 Å². The lowest BCUT2D eigenvalue weighted by Crippen LogP contribution is -2.44. The van der Waals surface area contributed by atoms with Gasteiger partial charge in [0.25, 0.3) is 0 Å². The number of hydrogen-bond acceptors (Lipinski definition) is 1. The Hall–Kier alpha value is -0.940. The molecule has 2 N–H and O–H groups in total. The van der Waals surface area contributed by atoms with Crippen LogP contribution in [0.2, 0.25) is 0 Å². The lowest BCUT2D eigenvalue weighted by molar-refractivity contribution is -0.137. The summed E-state index contributed by atoms with van der Waals surface area (Å²) >= 11 is 0. The van der Waals surface area contributed by atoms with E-state index in [-0.39, 0.29) is 12.5 Å². The molecule has 0 aromatic rings. The third-order valence-electron chi connectivity index (χ3n) is 1.53. The molecule has 15 heavy (non-hydrogen) atoms. The quantitative estimate of drug-likeness (QED) is 0.576. The van der Waals surface area contributed by atoms with Crippen molar-refractivity contribution in [3.63, 3.8) is 0 Å². The molecule has 0 atom stereocenters. The number of alkyl halides is 3. The number of hydrogen-bond donors (Lipinski definition) is 1. The second-order valence-electron chi connectivity index (χ2n) is 4.27. The molecule has 90 valence electrons. The number of rotatable bonds is 2. The zero-order valence-corrected chi connectivity index (χ0v) is 9.52. The predicted molar refractivity (Wildman–Crippen MR) is 54.7 cm³/mol. The molecule has 0 bridgehead atoms. The van der Waals surface area contributed by atoms with Crippen molar-refractivity contribution in [3.8, 4) is 0 Å². The number of nitrogens with zero attached hydrogens (tertiary/aromatic N) is 2. The van der Waals surface area contributed by atoms with Gasteiger partial charge in [-0.1, -0.05) is 0 Å². The Bertz CT molecular complexity index is 228. The van der Waals surface area contributed by atoms with Gasteiger partial charge in [0, 0.05) is 6.54 Å². The van der Waals surface area contributed by atoms with Crippen LogP contribution in [0.5, 0.6) is 0 Å². The molecule has 0 aliphatic heterocycles. The van der Waals surface area contributed by atoms with E-state index in [2.05, 4.69) is 4.99 Å². The van der Waals surface area contributed by atoms with Gasteiger partial charge in [0.15, 0.2) is 5.96 Å². The van der Waals surface area contributed by atoms with Crippen molar-refractivity contribution in [1.29, 1.82) is 0 Å². The van der Waals surface area contributed by atoms with Crippen LogP contribution in [0.15, 0.2) is 4.99 Å². The molecule has 0 saturated carbocycles. The average Bonchev–Trinajstić information content (AvgIpc) is 1.94. The number of nitrogens with two attached hydrogens (primary N) is 1. The summed E-state index contributed by atoms with van der Waals surface area (Å²) in [7, 11) is 0. The van der Waals surface area contributed by atoms with E-state index in [0.717, 1.165) is 4.90 Å². The van der Waals surface area contributed by atoms with Crippen molar-refractivity contribution in [2.45, 2.75) is 39.4 Å². The van der Waals surface area contributed by atoms with Gasteiger partial charge in [-0.15, -0.1) is 0 Å². The van der Waals surface area contributed by atoms with Crippen LogP contribution < -0.4 is 5.73 Å². The Balaban J connectivity index is 4.62. The van der Waals surface area contributed by atoms with Crippen LogP contribution >= 0.6 is 0 Å². The molecule has 0 radical (unpaired) electrons. The molecule has 0 aliphatic rings. The van der Waals surface area contributed by atoms with E-state index in [4.69, 9.17) is 5.73 Å². The van der Waals surface area contributed by atoms with Crippen molar-refractivity contribution in [1.82, 2.24) is 4.90 Å². The van der Waals surface area contributed by atoms with Gasteiger partial charge in [-0.2, -0.15) is 13.2 Å². The summed E-state index contributed by atoms with van der Waals surface area (Å²) in [6, 6.07) is 0. The van der Waals surface area contributed by atoms with Crippen molar-refractivity contribution in [3.05, 3.63) is 0 Å². The van der Waals surface area contributed by atoms with Gasteiger partial charge in [0.05, 0.1) is 5.54 Å². The first-order chi connectivity index (χ1) is 6.55.